The van der Waals surface area contributed by atoms with Crippen LogP contribution in [0, 0.1) is 20.2 Å². The van der Waals surface area contributed by atoms with E-state index in [1.54, 1.807) is 13.8 Å². The first-order chi connectivity index (χ1) is 17.4. The largest absolute Gasteiger partial charge is 0.389 e. The van der Waals surface area contributed by atoms with Gasteiger partial charge in [0, 0.05) is 12.6 Å². The number of anilines is 1. The van der Waals surface area contributed by atoms with Crippen molar-refractivity contribution in [2.24, 2.45) is 0 Å². The molecule has 37 heavy (non-hydrogen) atoms. The van der Waals surface area contributed by atoms with Gasteiger partial charge in [0.05, 0.1) is 40.7 Å². The Bertz CT molecular complexity index is 1040. The van der Waals surface area contributed by atoms with Crippen LogP contribution >= 0.6 is 0 Å². The molecule has 10 atom stereocenters. The van der Waals surface area contributed by atoms with Gasteiger partial charge in [-0.15, -0.1) is 0 Å². The fourth-order valence-corrected chi connectivity index (χ4v) is 5.13. The molecule has 4 saturated heterocycles. The molecule has 0 aromatic heterocycles. The molecular weight excluding hydrogens is 500 g/mol. The fourth-order valence-electron chi connectivity index (χ4n) is 5.13. The van der Waals surface area contributed by atoms with Crippen LogP contribution in [-0.2, 0) is 23.7 Å². The van der Waals surface area contributed by atoms with E-state index in [4.69, 9.17) is 23.7 Å². The van der Waals surface area contributed by atoms with Crippen LogP contribution in [0.25, 0.3) is 0 Å². The molecule has 0 saturated carbocycles. The number of fused-ring (bicyclic) bond motifs is 3. The maximum Gasteiger partial charge on any atom is 0.299 e. The Kier molecular flexibility index (Phi) is 6.80. The number of nitrogens with one attached hydrogen (secondary N) is 2. The van der Waals surface area contributed by atoms with Crippen LogP contribution < -0.4 is 10.6 Å². The molecule has 2 bridgehead atoms. The fraction of sp³-hybridized carbons (Fsp3) is 0.714. The number of ether oxygens (including phenoxy) is 5. The Morgan fingerprint density at radius 1 is 1.08 bits per heavy atom. The van der Waals surface area contributed by atoms with Gasteiger partial charge in [0.15, 0.2) is 18.4 Å². The Balaban J connectivity index is 1.35. The molecule has 1 aromatic carbocycles. The first-order valence-electron chi connectivity index (χ1n) is 11.7. The van der Waals surface area contributed by atoms with Crippen molar-refractivity contribution in [3.05, 3.63) is 38.4 Å². The normalized spacial score (nSPS) is 38.8. The minimum Gasteiger partial charge on any atom is -0.389 e. The summed E-state index contributed by atoms with van der Waals surface area (Å²) >= 11 is 0. The van der Waals surface area contributed by atoms with Crippen molar-refractivity contribution < 1.29 is 48.9 Å². The number of benzene rings is 1. The van der Waals surface area contributed by atoms with Crippen molar-refractivity contribution in [3.8, 4) is 0 Å². The monoisotopic (exact) mass is 528 g/mol. The Hall–Kier alpha value is -2.54. The predicted molar refractivity (Wildman–Crippen MR) is 120 cm³/mol. The van der Waals surface area contributed by atoms with Gasteiger partial charge in [0.25, 0.3) is 11.4 Å². The molecular formula is C21H28N4O12. The molecule has 5 N–H and O–H groups in total. The molecule has 0 radical (unpaired) electrons. The highest BCUT2D eigenvalue weighted by molar-refractivity contribution is 5.66. The number of aliphatic hydroxyl groups is 3. The molecule has 204 valence electrons. The second-order valence-electron chi connectivity index (χ2n) is 9.81. The maximum absolute atomic E-state index is 11.6. The van der Waals surface area contributed by atoms with Crippen LogP contribution in [0.15, 0.2) is 18.2 Å². The van der Waals surface area contributed by atoms with Gasteiger partial charge in [-0.3, -0.25) is 20.2 Å². The molecule has 0 aliphatic carbocycles. The number of nitro groups is 2. The third-order valence-corrected chi connectivity index (χ3v) is 6.87. The zero-order valence-electron chi connectivity index (χ0n) is 19.8. The molecule has 0 spiro atoms. The van der Waals surface area contributed by atoms with E-state index in [9.17, 15) is 35.5 Å². The number of hydrogen-bond donors (Lipinski definition) is 5. The zero-order chi connectivity index (χ0) is 26.6. The summed E-state index contributed by atoms with van der Waals surface area (Å²) in [6.07, 6.45) is -7.76. The van der Waals surface area contributed by atoms with Crippen molar-refractivity contribution in [2.45, 2.75) is 80.9 Å². The molecule has 4 heterocycles. The van der Waals surface area contributed by atoms with E-state index in [2.05, 4.69) is 10.6 Å². The van der Waals surface area contributed by atoms with Crippen LogP contribution in [-0.4, -0.2) is 105 Å². The summed E-state index contributed by atoms with van der Waals surface area (Å²) in [4.78, 5) is 21.3. The average Bonchev–Trinajstić information content (AvgIpc) is 3.50. The highest BCUT2D eigenvalue weighted by Crippen LogP contribution is 2.41. The van der Waals surface area contributed by atoms with Crippen molar-refractivity contribution in [1.82, 2.24) is 5.32 Å². The first kappa shape index (κ1) is 26.1. The lowest BCUT2D eigenvalue weighted by Crippen LogP contribution is -2.61. The van der Waals surface area contributed by atoms with Gasteiger partial charge < -0.3 is 49.6 Å². The standard InChI is InChI=1S/C21H28N4O12/c1-21(2)36-18-14(23-9-4-3-8(24(29)30)5-10(9)25(31)32)17(35-20(18)37-21)11(26)6-22-13-15(27)12-7-33-19(34-12)16(13)28/h3-5,11-20,22-23,26-28H,6-7H2,1-2H3/t11-,12+,13+,14-,15+,16-,17+,18+,19+,20+/m0/s1. The SMILES string of the molecule is CC1(C)O[C@H]2O[C@H]([C@@H](O)CN[C@H]3[C@H](O)[C@@H]4OC[C@@H](O4)[C@H]3O)[C@H](Nc3ccc([N+](=O)[O-])cc3[N+](=O)[O-])[C@H]2O1. The van der Waals surface area contributed by atoms with E-state index in [1.807, 2.05) is 0 Å². The number of nitrogens with zero attached hydrogens (tertiary/aromatic N) is 2. The number of hydrogen-bond acceptors (Lipinski definition) is 14. The summed E-state index contributed by atoms with van der Waals surface area (Å²) in [7, 11) is 0. The molecule has 5 rings (SSSR count). The van der Waals surface area contributed by atoms with Crippen LogP contribution in [0.3, 0.4) is 0 Å². The summed E-state index contributed by atoms with van der Waals surface area (Å²) < 4.78 is 28.3. The Morgan fingerprint density at radius 2 is 1.84 bits per heavy atom. The third kappa shape index (κ3) is 4.87. The van der Waals surface area contributed by atoms with E-state index >= 15 is 0 Å². The predicted octanol–water partition coefficient (Wildman–Crippen LogP) is -1.04. The molecule has 1 aromatic rings. The van der Waals surface area contributed by atoms with E-state index in [0.717, 1.165) is 12.1 Å². The van der Waals surface area contributed by atoms with Crippen molar-refractivity contribution in [1.29, 1.82) is 0 Å². The highest BCUT2D eigenvalue weighted by Gasteiger charge is 2.57. The summed E-state index contributed by atoms with van der Waals surface area (Å²) in [5.74, 6) is -1.03. The van der Waals surface area contributed by atoms with Gasteiger partial charge in [0.2, 0.25) is 0 Å². The summed E-state index contributed by atoms with van der Waals surface area (Å²) in [6, 6.07) is 1.44. The number of aliphatic hydroxyl groups excluding tert-OH is 3. The topological polar surface area (TPSA) is 217 Å². The lowest BCUT2D eigenvalue weighted by molar-refractivity contribution is -0.393. The third-order valence-electron chi connectivity index (χ3n) is 6.87. The molecule has 4 aliphatic heterocycles. The van der Waals surface area contributed by atoms with E-state index < -0.39 is 88.3 Å². The lowest BCUT2D eigenvalue weighted by Gasteiger charge is -2.37. The van der Waals surface area contributed by atoms with Gasteiger partial charge in [-0.25, -0.2) is 0 Å². The quantitative estimate of drug-likeness (QED) is 0.201. The van der Waals surface area contributed by atoms with Crippen LogP contribution in [0.1, 0.15) is 13.8 Å². The summed E-state index contributed by atoms with van der Waals surface area (Å²) in [5.41, 5.74) is -1.02. The summed E-state index contributed by atoms with van der Waals surface area (Å²) in [6.45, 7) is 3.31. The molecule has 0 amide bonds. The maximum atomic E-state index is 11.6. The van der Waals surface area contributed by atoms with Crippen LogP contribution in [0.4, 0.5) is 17.1 Å². The Labute approximate surface area is 209 Å². The second kappa shape index (κ2) is 9.64. The average molecular weight is 528 g/mol. The van der Waals surface area contributed by atoms with E-state index in [0.29, 0.717) is 0 Å². The number of non-ortho nitro benzene ring substituents is 1. The Morgan fingerprint density at radius 3 is 2.54 bits per heavy atom. The highest BCUT2D eigenvalue weighted by atomic mass is 16.8. The van der Waals surface area contributed by atoms with E-state index in [1.165, 1.54) is 6.07 Å². The van der Waals surface area contributed by atoms with Crippen molar-refractivity contribution in [3.63, 3.8) is 0 Å². The zero-order valence-corrected chi connectivity index (χ0v) is 19.8. The second-order valence-corrected chi connectivity index (χ2v) is 9.81. The smallest absolute Gasteiger partial charge is 0.299 e. The van der Waals surface area contributed by atoms with Gasteiger partial charge in [-0.1, -0.05) is 0 Å². The molecule has 4 aliphatic rings. The summed E-state index contributed by atoms with van der Waals surface area (Å²) in [5, 5.41) is 60.6. The van der Waals surface area contributed by atoms with Crippen molar-refractivity contribution >= 4 is 17.1 Å². The first-order valence-corrected chi connectivity index (χ1v) is 11.7. The van der Waals surface area contributed by atoms with Crippen LogP contribution in [0.5, 0.6) is 0 Å². The lowest BCUT2D eigenvalue weighted by atomic mass is 9.96. The van der Waals surface area contributed by atoms with Gasteiger partial charge in [-0.05, 0) is 19.9 Å². The van der Waals surface area contributed by atoms with E-state index in [-0.39, 0.29) is 18.8 Å². The molecule has 4 fully saturated rings. The molecule has 16 nitrogen and oxygen atoms in total. The number of rotatable bonds is 8. The molecule has 16 heteroatoms. The minimum absolute atomic E-state index is 0.0349. The van der Waals surface area contributed by atoms with Gasteiger partial charge in [-0.2, -0.15) is 0 Å². The van der Waals surface area contributed by atoms with Gasteiger partial charge in [0.1, 0.15) is 36.2 Å². The minimum atomic E-state index is -1.25. The number of nitro benzene ring substituents is 2. The molecule has 0 unspecified atom stereocenters. The van der Waals surface area contributed by atoms with Crippen molar-refractivity contribution in [2.75, 3.05) is 18.5 Å². The van der Waals surface area contributed by atoms with Crippen LogP contribution in [0.2, 0.25) is 0 Å². The van der Waals surface area contributed by atoms with Gasteiger partial charge >= 0.3 is 0 Å².